The molecule has 1 aliphatic carbocycles. The molecule has 0 aromatic rings. The van der Waals surface area contributed by atoms with Crippen LogP contribution in [0.4, 0.5) is 0 Å². The van der Waals surface area contributed by atoms with Gasteiger partial charge in [-0.25, -0.2) is 0 Å². The van der Waals surface area contributed by atoms with Crippen LogP contribution in [0.25, 0.3) is 0 Å². The number of nitrogens with one attached hydrogen (secondary N) is 1. The van der Waals surface area contributed by atoms with Gasteiger partial charge in [-0.3, -0.25) is 0 Å². The van der Waals surface area contributed by atoms with Crippen LogP contribution in [0.3, 0.4) is 0 Å². The van der Waals surface area contributed by atoms with Gasteiger partial charge in [-0.2, -0.15) is 0 Å². The van der Waals surface area contributed by atoms with E-state index in [1.165, 1.54) is 32.1 Å². The Kier molecular flexibility index (Phi) is 4.67. The summed E-state index contributed by atoms with van der Waals surface area (Å²) in [6, 6.07) is 0.757. The van der Waals surface area contributed by atoms with Crippen molar-refractivity contribution in [2.45, 2.75) is 58.4 Å². The number of hydrogen-bond acceptors (Lipinski definition) is 1. The van der Waals surface area contributed by atoms with Crippen molar-refractivity contribution in [3.05, 3.63) is 6.54 Å². The molecule has 0 amide bonds. The van der Waals surface area contributed by atoms with Crippen molar-refractivity contribution in [3.8, 4) is 0 Å². The van der Waals surface area contributed by atoms with Crippen LogP contribution in [0, 0.1) is 12.5 Å². The summed E-state index contributed by atoms with van der Waals surface area (Å²) >= 11 is 0. The predicted octanol–water partition coefficient (Wildman–Crippen LogP) is 3.12. The Morgan fingerprint density at radius 3 is 2.50 bits per heavy atom. The minimum atomic E-state index is 0.757. The Labute approximate surface area is 76.9 Å². The second-order valence-electron chi connectivity index (χ2n) is 3.84. The topological polar surface area (TPSA) is 12.0 Å². The van der Waals surface area contributed by atoms with Crippen molar-refractivity contribution >= 4 is 0 Å². The summed E-state index contributed by atoms with van der Waals surface area (Å²) in [4.78, 5) is 0. The van der Waals surface area contributed by atoms with Crippen molar-refractivity contribution in [2.75, 3.05) is 0 Å². The third kappa shape index (κ3) is 2.78. The summed E-state index contributed by atoms with van der Waals surface area (Å²) in [6.45, 7) is 6.69. The van der Waals surface area contributed by atoms with Gasteiger partial charge in [0.1, 0.15) is 0 Å². The monoisotopic (exact) mass is 168 g/mol. The van der Waals surface area contributed by atoms with Gasteiger partial charge in [0.15, 0.2) is 0 Å². The van der Waals surface area contributed by atoms with Gasteiger partial charge in [0, 0.05) is 12.6 Å². The molecule has 0 saturated heterocycles. The van der Waals surface area contributed by atoms with Crippen molar-refractivity contribution in [2.24, 2.45) is 5.92 Å². The molecule has 12 heavy (non-hydrogen) atoms. The van der Waals surface area contributed by atoms with Crippen molar-refractivity contribution in [3.63, 3.8) is 0 Å². The molecular formula is C11H22N. The van der Waals surface area contributed by atoms with Crippen LogP contribution >= 0.6 is 0 Å². The molecule has 0 heterocycles. The molecule has 0 aromatic heterocycles. The molecule has 1 aliphatic rings. The van der Waals surface area contributed by atoms with E-state index in [1.54, 1.807) is 0 Å². The maximum atomic E-state index is 3.54. The molecule has 0 spiro atoms. The molecule has 1 nitrogen and oxygen atoms in total. The Bertz CT molecular complexity index is 106. The zero-order valence-electron chi connectivity index (χ0n) is 8.47. The van der Waals surface area contributed by atoms with Crippen LogP contribution in [0.5, 0.6) is 0 Å². The summed E-state index contributed by atoms with van der Waals surface area (Å²) < 4.78 is 0. The van der Waals surface area contributed by atoms with Crippen LogP contribution in [-0.4, -0.2) is 6.04 Å². The lowest BCUT2D eigenvalue weighted by Gasteiger charge is -2.22. The molecule has 71 valence electrons. The smallest absolute Gasteiger partial charge is 0.0221 e. The van der Waals surface area contributed by atoms with E-state index in [0.29, 0.717) is 0 Å². The van der Waals surface area contributed by atoms with Crippen LogP contribution in [0.1, 0.15) is 52.4 Å². The lowest BCUT2D eigenvalue weighted by atomic mass is 9.96. The SMILES string of the molecule is CC[CH]NC(CC)C1CCCC1. The summed E-state index contributed by atoms with van der Waals surface area (Å²) in [6.07, 6.45) is 8.22. The van der Waals surface area contributed by atoms with Gasteiger partial charge < -0.3 is 5.32 Å². The van der Waals surface area contributed by atoms with E-state index in [-0.39, 0.29) is 0 Å². The standard InChI is InChI=1S/C11H22N/c1-3-9-12-11(4-2)10-7-5-6-8-10/h9-12H,3-8H2,1-2H3. The Balaban J connectivity index is 2.22. The normalized spacial score (nSPS) is 21.5. The van der Waals surface area contributed by atoms with Crippen LogP contribution in [0.2, 0.25) is 0 Å². The third-order valence-corrected chi connectivity index (χ3v) is 2.94. The highest BCUT2D eigenvalue weighted by molar-refractivity contribution is 4.81. The molecule has 0 aliphatic heterocycles. The number of rotatable bonds is 5. The van der Waals surface area contributed by atoms with E-state index in [2.05, 4.69) is 25.7 Å². The fourth-order valence-corrected chi connectivity index (χ4v) is 2.22. The van der Waals surface area contributed by atoms with E-state index in [4.69, 9.17) is 0 Å². The van der Waals surface area contributed by atoms with Crippen molar-refractivity contribution < 1.29 is 0 Å². The number of hydrogen-bond donors (Lipinski definition) is 1. The molecule has 1 atom stereocenters. The highest BCUT2D eigenvalue weighted by Crippen LogP contribution is 2.28. The van der Waals surface area contributed by atoms with Gasteiger partial charge in [-0.1, -0.05) is 26.7 Å². The zero-order chi connectivity index (χ0) is 8.81. The lowest BCUT2D eigenvalue weighted by Crippen LogP contribution is -2.32. The summed E-state index contributed by atoms with van der Waals surface area (Å²) in [5.41, 5.74) is 0. The average molecular weight is 168 g/mol. The maximum Gasteiger partial charge on any atom is 0.0221 e. The molecule has 1 N–H and O–H groups in total. The van der Waals surface area contributed by atoms with Gasteiger partial charge in [-0.05, 0) is 31.6 Å². The Morgan fingerprint density at radius 1 is 1.33 bits per heavy atom. The van der Waals surface area contributed by atoms with Gasteiger partial charge in [0.25, 0.3) is 0 Å². The van der Waals surface area contributed by atoms with Crippen LogP contribution < -0.4 is 5.32 Å². The molecule has 0 aromatic carbocycles. The van der Waals surface area contributed by atoms with E-state index in [1.807, 2.05) is 0 Å². The fraction of sp³-hybridized carbons (Fsp3) is 0.909. The van der Waals surface area contributed by atoms with Crippen molar-refractivity contribution in [1.82, 2.24) is 5.32 Å². The van der Waals surface area contributed by atoms with Gasteiger partial charge in [-0.15, -0.1) is 0 Å². The van der Waals surface area contributed by atoms with E-state index >= 15 is 0 Å². The molecule has 0 bridgehead atoms. The molecule has 1 saturated carbocycles. The second-order valence-corrected chi connectivity index (χ2v) is 3.84. The van der Waals surface area contributed by atoms with E-state index in [0.717, 1.165) is 18.4 Å². The molecule has 1 fully saturated rings. The highest BCUT2D eigenvalue weighted by Gasteiger charge is 2.22. The highest BCUT2D eigenvalue weighted by atomic mass is 14.9. The van der Waals surface area contributed by atoms with E-state index in [9.17, 15) is 0 Å². The lowest BCUT2D eigenvalue weighted by molar-refractivity contribution is 0.367. The molecule has 1 radical (unpaired) electrons. The summed E-state index contributed by atoms with van der Waals surface area (Å²) in [5, 5.41) is 3.54. The second kappa shape index (κ2) is 5.58. The summed E-state index contributed by atoms with van der Waals surface area (Å²) in [5.74, 6) is 0.956. The molecule has 1 unspecified atom stereocenters. The van der Waals surface area contributed by atoms with Gasteiger partial charge in [0.2, 0.25) is 0 Å². The Hall–Kier alpha value is -0.0400. The summed E-state index contributed by atoms with van der Waals surface area (Å²) in [7, 11) is 0. The first-order valence-electron chi connectivity index (χ1n) is 5.46. The zero-order valence-corrected chi connectivity index (χ0v) is 8.47. The largest absolute Gasteiger partial charge is 0.309 e. The Morgan fingerprint density at radius 2 is 2.00 bits per heavy atom. The first-order chi connectivity index (χ1) is 5.88. The van der Waals surface area contributed by atoms with Crippen molar-refractivity contribution in [1.29, 1.82) is 0 Å². The van der Waals surface area contributed by atoms with E-state index < -0.39 is 0 Å². The molecule has 1 rings (SSSR count). The van der Waals surface area contributed by atoms with Crippen LogP contribution in [0.15, 0.2) is 0 Å². The minimum absolute atomic E-state index is 0.757. The van der Waals surface area contributed by atoms with Crippen LogP contribution in [-0.2, 0) is 0 Å². The average Bonchev–Trinajstić information content (AvgIpc) is 2.59. The first kappa shape index (κ1) is 10.0. The van der Waals surface area contributed by atoms with Gasteiger partial charge in [0.05, 0.1) is 0 Å². The van der Waals surface area contributed by atoms with Gasteiger partial charge >= 0.3 is 0 Å². The fourth-order valence-electron chi connectivity index (χ4n) is 2.22. The first-order valence-corrected chi connectivity index (χ1v) is 5.46. The third-order valence-electron chi connectivity index (χ3n) is 2.94. The molecule has 1 heteroatoms. The minimum Gasteiger partial charge on any atom is -0.309 e. The maximum absolute atomic E-state index is 3.54. The molecular weight excluding hydrogens is 146 g/mol. The quantitative estimate of drug-likeness (QED) is 0.665. The predicted molar refractivity (Wildman–Crippen MR) is 53.8 cm³/mol.